The fourth-order valence-electron chi connectivity index (χ4n) is 2.16. The molecule has 0 amide bonds. The molecule has 0 radical (unpaired) electrons. The zero-order chi connectivity index (χ0) is 17.9. The van der Waals surface area contributed by atoms with Gasteiger partial charge in [-0.05, 0) is 12.1 Å². The lowest BCUT2D eigenvalue weighted by Crippen LogP contribution is -2.23. The molecule has 3 aromatic heterocycles. The number of likely N-dealkylation sites (N-methyl/N-ethyl adjacent to an activating group) is 1. The van der Waals surface area contributed by atoms with E-state index in [1.165, 1.54) is 23.7 Å². The summed E-state index contributed by atoms with van der Waals surface area (Å²) in [4.78, 5) is 17.7. The molecule has 0 unspecified atom stereocenters. The smallest absolute Gasteiger partial charge is 0.359 e. The van der Waals surface area contributed by atoms with E-state index in [0.717, 1.165) is 11.1 Å². The third-order valence-electron chi connectivity index (χ3n) is 3.48. The van der Waals surface area contributed by atoms with Crippen LogP contribution in [0.25, 0.3) is 11.4 Å². The Morgan fingerprint density at radius 2 is 1.88 bits per heavy atom. The Kier molecular flexibility index (Phi) is 4.93. The van der Waals surface area contributed by atoms with E-state index < -0.39 is 11.9 Å². The molecule has 25 heavy (non-hydrogen) atoms. The zero-order valence-corrected chi connectivity index (χ0v) is 14.1. The predicted octanol–water partition coefficient (Wildman–Crippen LogP) is 3.69. The van der Waals surface area contributed by atoms with Gasteiger partial charge in [-0.15, -0.1) is 11.3 Å². The van der Waals surface area contributed by atoms with Crippen molar-refractivity contribution in [2.24, 2.45) is 0 Å². The van der Waals surface area contributed by atoms with Gasteiger partial charge in [-0.3, -0.25) is 4.98 Å². The number of aromatic nitrogens is 4. The second-order valence-corrected chi connectivity index (χ2v) is 6.25. The van der Waals surface area contributed by atoms with Crippen LogP contribution in [-0.2, 0) is 12.6 Å². The van der Waals surface area contributed by atoms with E-state index in [0.29, 0.717) is 18.5 Å². The second kappa shape index (κ2) is 7.14. The molecule has 0 N–H and O–H groups in total. The first-order chi connectivity index (χ1) is 11.9. The lowest BCUT2D eigenvalue weighted by Gasteiger charge is -2.19. The normalized spacial score (nSPS) is 11.5. The van der Waals surface area contributed by atoms with Crippen LogP contribution in [0.2, 0.25) is 0 Å². The van der Waals surface area contributed by atoms with Gasteiger partial charge in [0.15, 0.2) is 11.5 Å². The summed E-state index contributed by atoms with van der Waals surface area (Å²) >= 11 is 1.51. The summed E-state index contributed by atoms with van der Waals surface area (Å²) in [7, 11) is 1.70. The largest absolute Gasteiger partial charge is 0.433 e. The fraction of sp³-hybridized carbons (Fsp3) is 0.250. The van der Waals surface area contributed by atoms with Gasteiger partial charge in [0.2, 0.25) is 0 Å². The lowest BCUT2D eigenvalue weighted by atomic mass is 10.2. The number of halogens is 3. The van der Waals surface area contributed by atoms with Crippen LogP contribution in [0.1, 0.15) is 10.7 Å². The van der Waals surface area contributed by atoms with E-state index in [1.54, 1.807) is 30.3 Å². The minimum absolute atomic E-state index is 0.0216. The van der Waals surface area contributed by atoms with Crippen LogP contribution in [0.15, 0.2) is 42.2 Å². The molecule has 0 saturated heterocycles. The number of hydrogen-bond donors (Lipinski definition) is 0. The molecule has 9 heteroatoms. The minimum Gasteiger partial charge on any atom is -0.359 e. The second-order valence-electron chi connectivity index (χ2n) is 5.27. The SMILES string of the molecule is CN(CCc1nccs1)c1cc(C(F)(F)F)nc(-c2ccncc2)n1. The molecule has 0 bridgehead atoms. The number of pyridine rings is 1. The first-order valence-electron chi connectivity index (χ1n) is 7.39. The van der Waals surface area contributed by atoms with Crippen molar-refractivity contribution in [3.05, 3.63) is 52.9 Å². The van der Waals surface area contributed by atoms with Crippen LogP contribution >= 0.6 is 11.3 Å². The standard InChI is InChI=1S/C16H14F3N5S/c1-24(8-4-14-21-7-9-25-14)13-10-12(16(17,18)19)22-15(23-13)11-2-5-20-6-3-11/h2-3,5-7,9-10H,4,8H2,1H3. The highest BCUT2D eigenvalue weighted by Gasteiger charge is 2.34. The first-order valence-corrected chi connectivity index (χ1v) is 8.27. The zero-order valence-electron chi connectivity index (χ0n) is 13.2. The van der Waals surface area contributed by atoms with E-state index in [-0.39, 0.29) is 11.6 Å². The van der Waals surface area contributed by atoms with Gasteiger partial charge < -0.3 is 4.90 Å². The summed E-state index contributed by atoms with van der Waals surface area (Å²) in [6, 6.07) is 4.12. The van der Waals surface area contributed by atoms with Gasteiger partial charge in [-0.2, -0.15) is 13.2 Å². The summed E-state index contributed by atoms with van der Waals surface area (Å²) in [5, 5.41) is 2.79. The number of hydrogen-bond acceptors (Lipinski definition) is 6. The summed E-state index contributed by atoms with van der Waals surface area (Å²) in [5.41, 5.74) is -0.485. The van der Waals surface area contributed by atoms with Crippen LogP contribution in [-0.4, -0.2) is 33.5 Å². The topological polar surface area (TPSA) is 54.8 Å². The average Bonchev–Trinajstić information content (AvgIpc) is 3.13. The number of alkyl halides is 3. The molecule has 0 atom stereocenters. The molecular weight excluding hydrogens is 351 g/mol. The number of thiazole rings is 1. The Balaban J connectivity index is 1.91. The van der Waals surface area contributed by atoms with Crippen molar-refractivity contribution in [2.45, 2.75) is 12.6 Å². The highest BCUT2D eigenvalue weighted by atomic mass is 32.1. The van der Waals surface area contributed by atoms with Crippen LogP contribution in [0.3, 0.4) is 0 Å². The van der Waals surface area contributed by atoms with Gasteiger partial charge in [0.05, 0.1) is 5.01 Å². The van der Waals surface area contributed by atoms with Gasteiger partial charge in [-0.25, -0.2) is 15.0 Å². The Morgan fingerprint density at radius 1 is 1.12 bits per heavy atom. The van der Waals surface area contributed by atoms with Gasteiger partial charge in [0, 0.05) is 55.6 Å². The van der Waals surface area contributed by atoms with Gasteiger partial charge in [-0.1, -0.05) is 0 Å². The van der Waals surface area contributed by atoms with Crippen molar-refractivity contribution >= 4 is 17.2 Å². The summed E-state index contributed by atoms with van der Waals surface area (Å²) in [6.07, 6.45) is 0.767. The minimum atomic E-state index is -4.55. The molecule has 3 rings (SSSR count). The highest BCUT2D eigenvalue weighted by Crippen LogP contribution is 2.31. The van der Waals surface area contributed by atoms with Crippen LogP contribution < -0.4 is 4.90 Å². The molecule has 0 aliphatic heterocycles. The third-order valence-corrected chi connectivity index (χ3v) is 4.32. The van der Waals surface area contributed by atoms with Gasteiger partial charge >= 0.3 is 6.18 Å². The molecule has 3 heterocycles. The molecule has 0 aliphatic rings. The maximum Gasteiger partial charge on any atom is 0.433 e. The van der Waals surface area contributed by atoms with Crippen LogP contribution in [0.5, 0.6) is 0 Å². The molecule has 0 spiro atoms. The van der Waals surface area contributed by atoms with Crippen LogP contribution in [0, 0.1) is 0 Å². The number of anilines is 1. The Hall–Kier alpha value is -2.55. The lowest BCUT2D eigenvalue weighted by molar-refractivity contribution is -0.141. The molecular formula is C16H14F3N5S. The van der Waals surface area contributed by atoms with E-state index in [1.807, 2.05) is 5.38 Å². The maximum atomic E-state index is 13.2. The van der Waals surface area contributed by atoms with Gasteiger partial charge in [0.25, 0.3) is 0 Å². The number of rotatable bonds is 5. The molecule has 0 aromatic carbocycles. The number of nitrogens with zero attached hydrogens (tertiary/aromatic N) is 5. The fourth-order valence-corrected chi connectivity index (χ4v) is 2.77. The molecule has 5 nitrogen and oxygen atoms in total. The molecule has 0 aliphatic carbocycles. The molecule has 3 aromatic rings. The maximum absolute atomic E-state index is 13.2. The molecule has 130 valence electrons. The summed E-state index contributed by atoms with van der Waals surface area (Å²) in [5.74, 6) is 0.235. The van der Waals surface area contributed by atoms with E-state index >= 15 is 0 Å². The predicted molar refractivity (Wildman–Crippen MR) is 89.4 cm³/mol. The van der Waals surface area contributed by atoms with Crippen molar-refractivity contribution in [2.75, 3.05) is 18.5 Å². The van der Waals surface area contributed by atoms with Crippen molar-refractivity contribution in [3.8, 4) is 11.4 Å². The van der Waals surface area contributed by atoms with Crippen molar-refractivity contribution in [1.82, 2.24) is 19.9 Å². The Morgan fingerprint density at radius 3 is 2.52 bits per heavy atom. The van der Waals surface area contributed by atoms with Crippen LogP contribution in [0.4, 0.5) is 19.0 Å². The quantitative estimate of drug-likeness (QED) is 0.690. The Labute approximate surface area is 146 Å². The van der Waals surface area contributed by atoms with Crippen molar-refractivity contribution in [3.63, 3.8) is 0 Å². The van der Waals surface area contributed by atoms with E-state index in [4.69, 9.17) is 0 Å². The average molecular weight is 365 g/mol. The van der Waals surface area contributed by atoms with Gasteiger partial charge in [0.1, 0.15) is 5.82 Å². The Bertz CT molecular complexity index is 822. The van der Waals surface area contributed by atoms with Crippen molar-refractivity contribution in [1.29, 1.82) is 0 Å². The van der Waals surface area contributed by atoms with Crippen molar-refractivity contribution < 1.29 is 13.2 Å². The molecule has 0 fully saturated rings. The van der Waals surface area contributed by atoms with E-state index in [9.17, 15) is 13.2 Å². The highest BCUT2D eigenvalue weighted by molar-refractivity contribution is 7.09. The summed E-state index contributed by atoms with van der Waals surface area (Å²) < 4.78 is 39.6. The van der Waals surface area contributed by atoms with E-state index in [2.05, 4.69) is 19.9 Å². The first kappa shape index (κ1) is 17.3. The monoisotopic (exact) mass is 365 g/mol. The summed E-state index contributed by atoms with van der Waals surface area (Å²) in [6.45, 7) is 0.498. The molecule has 0 saturated carbocycles. The third kappa shape index (κ3) is 4.30.